The predicted octanol–water partition coefficient (Wildman–Crippen LogP) is 2.04. The molecule has 8 heteroatoms. The molecule has 1 aromatic rings. The predicted molar refractivity (Wildman–Crippen MR) is 106 cm³/mol. The fraction of sp³-hybridized carbons (Fsp3) is 0.526. The molecule has 2 saturated heterocycles. The summed E-state index contributed by atoms with van der Waals surface area (Å²) in [7, 11) is 0. The standard InChI is InChI=1S/C19H26N4O3S/c1-11(2)7-15-18(25)23-10-13(9-16(23)17(24)22-15)21-19(26)20-12-5-4-6-14(8-12)27-3/h4-6,8,11,13,15-16H,7,9-10H2,1-3H3,(H,22,24)(H2,20,21,26)/t13-,15+,16-/m0/s1. The van der Waals surface area contributed by atoms with E-state index in [1.54, 1.807) is 16.7 Å². The third-order valence-corrected chi connectivity index (χ3v) is 5.60. The Hall–Kier alpha value is -2.22. The van der Waals surface area contributed by atoms with Crippen molar-refractivity contribution in [2.75, 3.05) is 18.1 Å². The van der Waals surface area contributed by atoms with Gasteiger partial charge >= 0.3 is 6.03 Å². The first-order chi connectivity index (χ1) is 12.9. The zero-order valence-corrected chi connectivity index (χ0v) is 16.6. The van der Waals surface area contributed by atoms with E-state index in [1.807, 2.05) is 44.4 Å². The quantitative estimate of drug-likeness (QED) is 0.671. The fourth-order valence-electron chi connectivity index (χ4n) is 3.65. The summed E-state index contributed by atoms with van der Waals surface area (Å²) in [5, 5.41) is 8.54. The van der Waals surface area contributed by atoms with Crippen LogP contribution in [0.5, 0.6) is 0 Å². The van der Waals surface area contributed by atoms with E-state index in [0.29, 0.717) is 31.0 Å². The smallest absolute Gasteiger partial charge is 0.319 e. The number of thioether (sulfide) groups is 1. The van der Waals surface area contributed by atoms with Crippen molar-refractivity contribution in [3.63, 3.8) is 0 Å². The number of benzene rings is 1. The Morgan fingerprint density at radius 2 is 2.15 bits per heavy atom. The molecule has 0 saturated carbocycles. The van der Waals surface area contributed by atoms with Gasteiger partial charge in [-0.05, 0) is 43.2 Å². The zero-order chi connectivity index (χ0) is 19.6. The van der Waals surface area contributed by atoms with Gasteiger partial charge in [0.25, 0.3) is 0 Å². The second kappa shape index (κ2) is 8.21. The molecule has 146 valence electrons. The zero-order valence-electron chi connectivity index (χ0n) is 15.8. The first-order valence-electron chi connectivity index (χ1n) is 9.19. The second-order valence-corrected chi connectivity index (χ2v) is 8.34. The molecule has 0 bridgehead atoms. The molecule has 0 aromatic heterocycles. The number of piperazine rings is 1. The molecule has 1 aromatic carbocycles. The number of urea groups is 1. The van der Waals surface area contributed by atoms with Crippen LogP contribution in [-0.2, 0) is 9.59 Å². The molecule has 3 N–H and O–H groups in total. The average Bonchev–Trinajstić information content (AvgIpc) is 3.03. The van der Waals surface area contributed by atoms with Crippen molar-refractivity contribution in [1.82, 2.24) is 15.5 Å². The highest BCUT2D eigenvalue weighted by Gasteiger charge is 2.46. The van der Waals surface area contributed by atoms with E-state index >= 15 is 0 Å². The Kier molecular flexibility index (Phi) is 5.94. The first-order valence-corrected chi connectivity index (χ1v) is 10.4. The number of carbonyl (C=O) groups excluding carboxylic acids is 3. The molecular weight excluding hydrogens is 364 g/mol. The van der Waals surface area contributed by atoms with Gasteiger partial charge in [-0.25, -0.2) is 4.79 Å². The van der Waals surface area contributed by atoms with Crippen molar-refractivity contribution in [3.8, 4) is 0 Å². The van der Waals surface area contributed by atoms with Crippen molar-refractivity contribution in [2.24, 2.45) is 5.92 Å². The van der Waals surface area contributed by atoms with E-state index in [4.69, 9.17) is 0 Å². The van der Waals surface area contributed by atoms with E-state index in [-0.39, 0.29) is 23.9 Å². The summed E-state index contributed by atoms with van der Waals surface area (Å²) in [5.41, 5.74) is 0.709. The molecular formula is C19H26N4O3S. The van der Waals surface area contributed by atoms with Crippen molar-refractivity contribution in [2.45, 2.75) is 49.7 Å². The van der Waals surface area contributed by atoms with E-state index in [9.17, 15) is 14.4 Å². The molecule has 4 amide bonds. The molecule has 3 atom stereocenters. The van der Waals surface area contributed by atoms with Gasteiger partial charge in [-0.1, -0.05) is 19.9 Å². The van der Waals surface area contributed by atoms with Crippen LogP contribution in [0.1, 0.15) is 26.7 Å². The highest BCUT2D eigenvalue weighted by Crippen LogP contribution is 2.25. The lowest BCUT2D eigenvalue weighted by Gasteiger charge is -2.35. The Morgan fingerprint density at radius 3 is 2.85 bits per heavy atom. The molecule has 0 radical (unpaired) electrons. The van der Waals surface area contributed by atoms with E-state index < -0.39 is 12.1 Å². The van der Waals surface area contributed by atoms with Crippen LogP contribution >= 0.6 is 11.8 Å². The summed E-state index contributed by atoms with van der Waals surface area (Å²) >= 11 is 1.60. The number of nitrogens with zero attached hydrogens (tertiary/aromatic N) is 1. The van der Waals surface area contributed by atoms with Crippen molar-refractivity contribution >= 4 is 35.3 Å². The van der Waals surface area contributed by atoms with Gasteiger partial charge in [0.05, 0.1) is 6.04 Å². The van der Waals surface area contributed by atoms with Gasteiger partial charge in [-0.3, -0.25) is 9.59 Å². The van der Waals surface area contributed by atoms with Crippen LogP contribution in [0.25, 0.3) is 0 Å². The van der Waals surface area contributed by atoms with Crippen LogP contribution in [0.2, 0.25) is 0 Å². The van der Waals surface area contributed by atoms with E-state index in [1.165, 1.54) is 0 Å². The number of hydrogen-bond acceptors (Lipinski definition) is 4. The molecule has 2 heterocycles. The van der Waals surface area contributed by atoms with Crippen LogP contribution in [0.3, 0.4) is 0 Å². The first kappa shape index (κ1) is 19.5. The third kappa shape index (κ3) is 4.55. The minimum absolute atomic E-state index is 0.0503. The molecule has 2 aliphatic heterocycles. The lowest BCUT2D eigenvalue weighted by Crippen LogP contribution is -2.61. The lowest BCUT2D eigenvalue weighted by molar-refractivity contribution is -0.147. The molecule has 0 spiro atoms. The van der Waals surface area contributed by atoms with Gasteiger partial charge in [-0.2, -0.15) is 0 Å². The summed E-state index contributed by atoms with van der Waals surface area (Å²) < 4.78 is 0. The molecule has 0 unspecified atom stereocenters. The Morgan fingerprint density at radius 1 is 1.37 bits per heavy atom. The number of hydrogen-bond donors (Lipinski definition) is 3. The second-order valence-electron chi connectivity index (χ2n) is 7.46. The number of anilines is 1. The summed E-state index contributed by atoms with van der Waals surface area (Å²) in [6.07, 6.45) is 3.03. The molecule has 0 aliphatic carbocycles. The molecule has 2 aliphatic rings. The van der Waals surface area contributed by atoms with Gasteiger partial charge in [-0.15, -0.1) is 11.8 Å². The molecule has 3 rings (SSSR count). The van der Waals surface area contributed by atoms with Crippen molar-refractivity contribution in [3.05, 3.63) is 24.3 Å². The van der Waals surface area contributed by atoms with Crippen LogP contribution in [0.15, 0.2) is 29.2 Å². The Balaban J connectivity index is 1.59. The molecule has 2 fully saturated rings. The van der Waals surface area contributed by atoms with Gasteiger partial charge in [0.15, 0.2) is 0 Å². The van der Waals surface area contributed by atoms with Gasteiger partial charge in [0.2, 0.25) is 11.8 Å². The van der Waals surface area contributed by atoms with Gasteiger partial charge in [0.1, 0.15) is 12.1 Å². The minimum Gasteiger partial charge on any atom is -0.342 e. The van der Waals surface area contributed by atoms with Crippen LogP contribution in [0.4, 0.5) is 10.5 Å². The third-order valence-electron chi connectivity index (χ3n) is 4.87. The maximum atomic E-state index is 12.7. The number of nitrogens with one attached hydrogen (secondary N) is 3. The highest BCUT2D eigenvalue weighted by molar-refractivity contribution is 7.98. The number of fused-ring (bicyclic) bond motifs is 1. The normalized spacial score (nSPS) is 24.6. The number of amides is 4. The van der Waals surface area contributed by atoms with E-state index in [0.717, 1.165) is 4.90 Å². The Bertz CT molecular complexity index is 739. The van der Waals surface area contributed by atoms with Crippen LogP contribution in [-0.4, -0.2) is 53.7 Å². The SMILES string of the molecule is CSc1cccc(NC(=O)N[C@H]2C[C@H]3C(=O)N[C@H](CC(C)C)C(=O)N3C2)c1. The number of rotatable bonds is 5. The monoisotopic (exact) mass is 390 g/mol. The minimum atomic E-state index is -0.494. The molecule has 7 nitrogen and oxygen atoms in total. The van der Waals surface area contributed by atoms with Crippen molar-refractivity contribution < 1.29 is 14.4 Å². The lowest BCUT2D eigenvalue weighted by atomic mass is 9.99. The molecule has 27 heavy (non-hydrogen) atoms. The topological polar surface area (TPSA) is 90.5 Å². The average molecular weight is 391 g/mol. The van der Waals surface area contributed by atoms with Gasteiger partial charge in [0, 0.05) is 17.1 Å². The van der Waals surface area contributed by atoms with Crippen molar-refractivity contribution in [1.29, 1.82) is 0 Å². The van der Waals surface area contributed by atoms with Crippen LogP contribution in [0, 0.1) is 5.92 Å². The van der Waals surface area contributed by atoms with Gasteiger partial charge < -0.3 is 20.9 Å². The summed E-state index contributed by atoms with van der Waals surface area (Å²) in [4.78, 5) is 40.0. The maximum absolute atomic E-state index is 12.7. The largest absolute Gasteiger partial charge is 0.342 e. The summed E-state index contributed by atoms with van der Waals surface area (Å²) in [5.74, 6) is 0.137. The summed E-state index contributed by atoms with van der Waals surface area (Å²) in [6.45, 7) is 4.41. The fourth-order valence-corrected chi connectivity index (χ4v) is 4.11. The van der Waals surface area contributed by atoms with Crippen LogP contribution < -0.4 is 16.0 Å². The Labute approximate surface area is 163 Å². The number of carbonyl (C=O) groups is 3. The van der Waals surface area contributed by atoms with E-state index in [2.05, 4.69) is 16.0 Å². The highest BCUT2D eigenvalue weighted by atomic mass is 32.2. The summed E-state index contributed by atoms with van der Waals surface area (Å²) in [6, 6.07) is 6.05. The maximum Gasteiger partial charge on any atom is 0.319 e.